The molecule has 1 unspecified atom stereocenters. The third-order valence-electron chi connectivity index (χ3n) is 5.25. The fourth-order valence-corrected chi connectivity index (χ4v) is 3.95. The molecule has 1 heterocycles. The largest absolute Gasteiger partial charge is 0.755 e. The summed E-state index contributed by atoms with van der Waals surface area (Å²) in [6, 6.07) is 7.43. The average Bonchev–Trinajstić information content (AvgIpc) is 2.73. The van der Waals surface area contributed by atoms with Crippen molar-refractivity contribution in [3.63, 3.8) is 0 Å². The van der Waals surface area contributed by atoms with E-state index in [9.17, 15) is 13.6 Å². The minimum Gasteiger partial charge on any atom is -0.755 e. The molecular formula is C21H32ClN7O3S. The molecule has 182 valence electrons. The lowest BCUT2D eigenvalue weighted by atomic mass is 10.2. The number of likely N-dealkylation sites (N-methyl/N-ethyl adjacent to an activating group) is 1. The van der Waals surface area contributed by atoms with E-state index in [0.29, 0.717) is 29.8 Å². The second-order valence-corrected chi connectivity index (χ2v) is 9.72. The predicted octanol–water partition coefficient (Wildman–Crippen LogP) is 1.88. The van der Waals surface area contributed by atoms with Crippen molar-refractivity contribution >= 4 is 46.1 Å². The normalized spacial score (nSPS) is 12.4. The van der Waals surface area contributed by atoms with E-state index in [4.69, 9.17) is 23.1 Å². The number of unbranched alkanes of at least 4 members (excludes halogenated alkanes) is 2. The Bertz CT molecular complexity index is 973. The SMILES string of the molecule is Cc1ccc(N(CCCCC[N+](C)(C)CCNC(=O)c2nc(Cl)c(N)nc2N)S(=O)[O-])cc1. The summed E-state index contributed by atoms with van der Waals surface area (Å²) in [5.74, 6) is -0.544. The number of nitrogens with one attached hydrogen (secondary N) is 1. The smallest absolute Gasteiger partial charge is 0.273 e. The van der Waals surface area contributed by atoms with E-state index in [0.717, 1.165) is 31.4 Å². The Labute approximate surface area is 202 Å². The highest BCUT2D eigenvalue weighted by molar-refractivity contribution is 7.80. The number of benzene rings is 1. The molecule has 5 N–H and O–H groups in total. The third-order valence-corrected chi connectivity index (χ3v) is 6.28. The van der Waals surface area contributed by atoms with E-state index in [1.165, 1.54) is 4.31 Å². The lowest BCUT2D eigenvalue weighted by Gasteiger charge is -2.30. The topological polar surface area (TPSA) is 150 Å². The fraction of sp³-hybridized carbons (Fsp3) is 0.476. The highest BCUT2D eigenvalue weighted by Gasteiger charge is 2.18. The lowest BCUT2D eigenvalue weighted by Crippen LogP contribution is -2.46. The molecule has 0 saturated carbocycles. The zero-order chi connectivity index (χ0) is 24.6. The summed E-state index contributed by atoms with van der Waals surface area (Å²) >= 11 is 3.52. The number of carbonyl (C=O) groups is 1. The highest BCUT2D eigenvalue weighted by Crippen LogP contribution is 2.18. The molecule has 0 spiro atoms. The van der Waals surface area contributed by atoms with Gasteiger partial charge in [-0.1, -0.05) is 29.3 Å². The van der Waals surface area contributed by atoms with Gasteiger partial charge in [0.15, 0.2) is 22.5 Å². The maximum atomic E-state index is 12.3. The third kappa shape index (κ3) is 8.43. The first-order chi connectivity index (χ1) is 15.5. The summed E-state index contributed by atoms with van der Waals surface area (Å²) < 4.78 is 25.3. The molecule has 2 rings (SSSR count). The number of rotatable bonds is 12. The van der Waals surface area contributed by atoms with Crippen molar-refractivity contribution in [1.29, 1.82) is 0 Å². The van der Waals surface area contributed by atoms with Gasteiger partial charge < -0.3 is 30.1 Å². The predicted molar refractivity (Wildman–Crippen MR) is 131 cm³/mol. The molecule has 1 amide bonds. The number of hydrogen-bond donors (Lipinski definition) is 3. The maximum absolute atomic E-state index is 12.3. The molecule has 12 heteroatoms. The summed E-state index contributed by atoms with van der Waals surface area (Å²) in [4.78, 5) is 20.0. The second kappa shape index (κ2) is 12.1. The van der Waals surface area contributed by atoms with Crippen molar-refractivity contribution in [2.24, 2.45) is 0 Å². The van der Waals surface area contributed by atoms with Crippen molar-refractivity contribution in [3.05, 3.63) is 40.7 Å². The summed E-state index contributed by atoms with van der Waals surface area (Å²) in [7, 11) is 4.15. The Morgan fingerprint density at radius 3 is 2.42 bits per heavy atom. The molecule has 33 heavy (non-hydrogen) atoms. The molecule has 0 fully saturated rings. The molecule has 0 bridgehead atoms. The summed E-state index contributed by atoms with van der Waals surface area (Å²) in [6.07, 6.45) is 2.58. The second-order valence-electron chi connectivity index (χ2n) is 8.49. The molecule has 10 nitrogen and oxygen atoms in total. The number of halogens is 1. The van der Waals surface area contributed by atoms with E-state index in [-0.39, 0.29) is 22.5 Å². The van der Waals surface area contributed by atoms with Gasteiger partial charge in [-0.3, -0.25) is 9.00 Å². The van der Waals surface area contributed by atoms with Crippen LogP contribution < -0.4 is 21.1 Å². The number of hydrogen-bond acceptors (Lipinski definition) is 7. The average molecular weight is 498 g/mol. The van der Waals surface area contributed by atoms with Crippen LogP contribution in [0.25, 0.3) is 0 Å². The zero-order valence-electron chi connectivity index (χ0n) is 19.2. The van der Waals surface area contributed by atoms with Crippen LogP contribution in [0.4, 0.5) is 17.3 Å². The van der Waals surface area contributed by atoms with E-state index < -0.39 is 17.2 Å². The van der Waals surface area contributed by atoms with Gasteiger partial charge in [-0.2, -0.15) is 0 Å². The monoisotopic (exact) mass is 497 g/mol. The van der Waals surface area contributed by atoms with Crippen LogP contribution in [-0.2, 0) is 11.3 Å². The minimum absolute atomic E-state index is 0.0213. The van der Waals surface area contributed by atoms with Gasteiger partial charge in [0.25, 0.3) is 5.91 Å². The van der Waals surface area contributed by atoms with Crippen LogP contribution in [0.1, 0.15) is 35.3 Å². The molecule has 0 radical (unpaired) electrons. The molecule has 1 aromatic heterocycles. The molecule has 1 atom stereocenters. The van der Waals surface area contributed by atoms with Gasteiger partial charge in [0.2, 0.25) is 0 Å². The van der Waals surface area contributed by atoms with Gasteiger partial charge in [0, 0.05) is 23.5 Å². The van der Waals surface area contributed by atoms with Gasteiger partial charge in [-0.05, 0) is 38.3 Å². The summed E-state index contributed by atoms with van der Waals surface area (Å²) in [5.41, 5.74) is 12.9. The van der Waals surface area contributed by atoms with Crippen molar-refractivity contribution in [1.82, 2.24) is 15.3 Å². The first kappa shape index (κ1) is 26.8. The molecule has 1 aromatic carbocycles. The first-order valence-electron chi connectivity index (χ1n) is 10.6. The Morgan fingerprint density at radius 1 is 1.12 bits per heavy atom. The lowest BCUT2D eigenvalue weighted by molar-refractivity contribution is -0.889. The van der Waals surface area contributed by atoms with Crippen LogP contribution in [0, 0.1) is 6.92 Å². The van der Waals surface area contributed by atoms with Crippen LogP contribution >= 0.6 is 11.6 Å². The van der Waals surface area contributed by atoms with E-state index >= 15 is 0 Å². The number of aryl methyl sites for hydroxylation is 1. The van der Waals surface area contributed by atoms with Crippen molar-refractivity contribution in [2.45, 2.75) is 26.2 Å². The Morgan fingerprint density at radius 2 is 1.79 bits per heavy atom. The number of amides is 1. The van der Waals surface area contributed by atoms with Crippen molar-refractivity contribution in [2.75, 3.05) is 56.0 Å². The van der Waals surface area contributed by atoms with E-state index in [1.54, 1.807) is 0 Å². The number of carbonyl (C=O) groups excluding carboxylic acids is 1. The van der Waals surface area contributed by atoms with Crippen LogP contribution in [0.15, 0.2) is 24.3 Å². The van der Waals surface area contributed by atoms with Crippen LogP contribution in [0.5, 0.6) is 0 Å². The van der Waals surface area contributed by atoms with Crippen LogP contribution in [0.2, 0.25) is 5.15 Å². The maximum Gasteiger partial charge on any atom is 0.273 e. The molecule has 0 aliphatic rings. The highest BCUT2D eigenvalue weighted by atomic mass is 35.5. The van der Waals surface area contributed by atoms with Crippen LogP contribution in [-0.4, -0.2) is 69.4 Å². The number of quaternary nitrogens is 1. The Hall–Kier alpha value is -2.47. The fourth-order valence-electron chi connectivity index (χ4n) is 3.25. The van der Waals surface area contributed by atoms with Gasteiger partial charge in [-0.15, -0.1) is 0 Å². The number of nitrogen functional groups attached to an aromatic ring is 2. The standard InChI is InChI=1S/C21H32ClN7O3S/c1-15-7-9-16(10-8-15)28(33(31)32)12-5-4-6-13-29(2,3)14-11-25-21(30)17-19(23)27-20(24)18(22)26-17/h7-10H,4-6,11-14H2,1-3H3,(H5-,23,24,25,27,30,31,32). The van der Waals surface area contributed by atoms with Crippen LogP contribution in [0.3, 0.4) is 0 Å². The quantitative estimate of drug-likeness (QED) is 0.230. The molecule has 0 saturated heterocycles. The van der Waals surface area contributed by atoms with E-state index in [2.05, 4.69) is 29.4 Å². The van der Waals surface area contributed by atoms with Crippen molar-refractivity contribution < 1.29 is 18.0 Å². The number of aromatic nitrogens is 2. The van der Waals surface area contributed by atoms with Gasteiger partial charge >= 0.3 is 0 Å². The van der Waals surface area contributed by atoms with E-state index in [1.807, 2.05) is 31.2 Å². The first-order valence-corrected chi connectivity index (χ1v) is 12.0. The summed E-state index contributed by atoms with van der Waals surface area (Å²) in [5, 5.41) is 2.72. The van der Waals surface area contributed by atoms with Gasteiger partial charge in [0.1, 0.15) is 0 Å². The molecule has 0 aliphatic carbocycles. The Balaban J connectivity index is 1.73. The minimum atomic E-state index is -2.31. The van der Waals surface area contributed by atoms with Crippen molar-refractivity contribution in [3.8, 4) is 0 Å². The van der Waals surface area contributed by atoms with Gasteiger partial charge in [0.05, 0.1) is 33.7 Å². The molecule has 0 aliphatic heterocycles. The zero-order valence-corrected chi connectivity index (χ0v) is 20.8. The number of nitrogens with two attached hydrogens (primary N) is 2. The Kier molecular flexibility index (Phi) is 9.84. The number of nitrogens with zero attached hydrogens (tertiary/aromatic N) is 4. The van der Waals surface area contributed by atoms with Gasteiger partial charge in [-0.25, -0.2) is 9.97 Å². The molecule has 2 aromatic rings. The number of anilines is 3. The summed E-state index contributed by atoms with van der Waals surface area (Å²) in [6.45, 7) is 4.41. The molecular weight excluding hydrogens is 466 g/mol.